The average Bonchev–Trinajstić information content (AvgIpc) is 3.57. The molecular formula is C47H45NO. The molecule has 2 heteroatoms. The van der Waals surface area contributed by atoms with Gasteiger partial charge in [0.15, 0.2) is 0 Å². The van der Waals surface area contributed by atoms with Gasteiger partial charge in [-0.3, -0.25) is 0 Å². The van der Waals surface area contributed by atoms with Gasteiger partial charge in [-0.2, -0.15) is 0 Å². The van der Waals surface area contributed by atoms with Gasteiger partial charge in [0.25, 0.3) is 0 Å². The first-order valence-corrected chi connectivity index (χ1v) is 17.5. The zero-order valence-corrected chi connectivity index (χ0v) is 30.0. The molecule has 49 heavy (non-hydrogen) atoms. The molecule has 6 aromatic carbocycles. The van der Waals surface area contributed by atoms with Crippen molar-refractivity contribution in [2.24, 2.45) is 0 Å². The highest BCUT2D eigenvalue weighted by Gasteiger charge is 2.40. The minimum atomic E-state index is -0.158. The molecular weight excluding hydrogens is 595 g/mol. The van der Waals surface area contributed by atoms with Gasteiger partial charge in [0.05, 0.1) is 16.8 Å². The van der Waals surface area contributed by atoms with E-state index in [0.29, 0.717) is 0 Å². The smallest absolute Gasteiger partial charge is 0.137 e. The summed E-state index contributed by atoms with van der Waals surface area (Å²) in [7, 11) is 0. The molecule has 0 spiro atoms. The van der Waals surface area contributed by atoms with Gasteiger partial charge in [0.1, 0.15) is 11.2 Å². The summed E-state index contributed by atoms with van der Waals surface area (Å²) in [6.07, 6.45) is 0. The Morgan fingerprint density at radius 1 is 0.531 bits per heavy atom. The van der Waals surface area contributed by atoms with Gasteiger partial charge in [-0.05, 0) is 92.2 Å². The normalized spacial score (nSPS) is 13.9. The van der Waals surface area contributed by atoms with Gasteiger partial charge < -0.3 is 9.32 Å². The number of hydrogen-bond acceptors (Lipinski definition) is 2. The summed E-state index contributed by atoms with van der Waals surface area (Å²) in [5.41, 5.74) is 15.7. The first-order chi connectivity index (χ1) is 23.3. The number of benzene rings is 6. The molecule has 0 amide bonds. The molecule has 7 aromatic rings. The van der Waals surface area contributed by atoms with Crippen LogP contribution in [-0.4, -0.2) is 0 Å². The van der Waals surface area contributed by atoms with E-state index in [4.69, 9.17) is 4.42 Å². The van der Waals surface area contributed by atoms with Crippen molar-refractivity contribution in [3.8, 4) is 22.3 Å². The van der Waals surface area contributed by atoms with Gasteiger partial charge in [-0.15, -0.1) is 0 Å². The van der Waals surface area contributed by atoms with Crippen LogP contribution in [0.3, 0.4) is 0 Å². The Kier molecular flexibility index (Phi) is 6.99. The van der Waals surface area contributed by atoms with Crippen molar-refractivity contribution in [1.29, 1.82) is 0 Å². The quantitative estimate of drug-likeness (QED) is 0.191. The van der Waals surface area contributed by atoms with E-state index in [1.54, 1.807) is 0 Å². The Bertz CT molecular complexity index is 2360. The predicted molar refractivity (Wildman–Crippen MR) is 209 cm³/mol. The molecule has 0 saturated carbocycles. The molecule has 2 nitrogen and oxygen atoms in total. The van der Waals surface area contributed by atoms with Crippen molar-refractivity contribution < 1.29 is 4.42 Å². The molecule has 0 unspecified atom stereocenters. The van der Waals surface area contributed by atoms with E-state index in [-0.39, 0.29) is 16.2 Å². The molecule has 1 aromatic heterocycles. The maximum atomic E-state index is 6.45. The van der Waals surface area contributed by atoms with Crippen molar-refractivity contribution in [3.05, 3.63) is 150 Å². The predicted octanol–water partition coefficient (Wildman–Crippen LogP) is 13.6. The summed E-state index contributed by atoms with van der Waals surface area (Å²) in [5.74, 6) is 0. The molecule has 0 atom stereocenters. The van der Waals surface area contributed by atoms with Gasteiger partial charge in [0, 0.05) is 22.1 Å². The maximum absolute atomic E-state index is 6.45. The van der Waals surface area contributed by atoms with Gasteiger partial charge in [0.2, 0.25) is 0 Å². The largest absolute Gasteiger partial charge is 0.456 e. The fourth-order valence-corrected chi connectivity index (χ4v) is 8.02. The zero-order valence-electron chi connectivity index (χ0n) is 30.0. The minimum absolute atomic E-state index is 0.00621. The number of fused-ring (bicyclic) bond motifs is 6. The van der Waals surface area contributed by atoms with Crippen LogP contribution in [0.25, 0.3) is 44.2 Å². The Balaban J connectivity index is 1.44. The Morgan fingerprint density at radius 2 is 1.12 bits per heavy atom. The second-order valence-electron chi connectivity index (χ2n) is 16.3. The van der Waals surface area contributed by atoms with E-state index < -0.39 is 0 Å². The van der Waals surface area contributed by atoms with E-state index in [9.17, 15) is 0 Å². The van der Waals surface area contributed by atoms with Crippen molar-refractivity contribution in [3.63, 3.8) is 0 Å². The van der Waals surface area contributed by atoms with Crippen molar-refractivity contribution >= 4 is 39.0 Å². The second kappa shape index (κ2) is 11.0. The average molecular weight is 640 g/mol. The van der Waals surface area contributed by atoms with Crippen molar-refractivity contribution in [2.45, 2.75) is 71.6 Å². The highest BCUT2D eigenvalue weighted by atomic mass is 16.3. The fourth-order valence-electron chi connectivity index (χ4n) is 8.02. The molecule has 0 bridgehead atoms. The molecule has 1 aliphatic carbocycles. The number of nitrogens with zero attached hydrogens (tertiary/aromatic N) is 1. The maximum Gasteiger partial charge on any atom is 0.137 e. The fraction of sp³-hybridized carbons (Fsp3) is 0.234. The number of hydrogen-bond donors (Lipinski definition) is 0. The third-order valence-corrected chi connectivity index (χ3v) is 10.5. The topological polar surface area (TPSA) is 16.4 Å². The monoisotopic (exact) mass is 639 g/mol. The van der Waals surface area contributed by atoms with E-state index >= 15 is 0 Å². The molecule has 1 heterocycles. The lowest BCUT2D eigenvalue weighted by atomic mass is 9.72. The summed E-state index contributed by atoms with van der Waals surface area (Å²) < 4.78 is 6.45. The third kappa shape index (κ3) is 5.00. The van der Waals surface area contributed by atoms with Crippen LogP contribution in [0.15, 0.2) is 132 Å². The summed E-state index contributed by atoms with van der Waals surface area (Å²) >= 11 is 0. The van der Waals surface area contributed by atoms with Crippen LogP contribution in [0.1, 0.15) is 77.6 Å². The van der Waals surface area contributed by atoms with E-state index in [1.807, 2.05) is 6.07 Å². The molecule has 8 rings (SSSR count). The van der Waals surface area contributed by atoms with Gasteiger partial charge in [-0.1, -0.05) is 140 Å². The van der Waals surface area contributed by atoms with Crippen LogP contribution < -0.4 is 4.90 Å². The van der Waals surface area contributed by atoms with Crippen LogP contribution in [0, 0.1) is 0 Å². The van der Waals surface area contributed by atoms with Gasteiger partial charge in [-0.25, -0.2) is 0 Å². The number of rotatable bonds is 4. The summed E-state index contributed by atoms with van der Waals surface area (Å²) in [6, 6.07) is 46.5. The standard InChI is InChI=1S/C47H45NO/c1-45(2,3)37-28-34-36(29-38(37)46(4,5)6)47(7,8)35-19-14-20-39(43(34)35)48(32-26-24-31(25-27-32)30-16-10-9-11-17-30)40-21-15-23-42-44(40)33-18-12-13-22-41(33)49-42/h9-29H,1-8H3. The SMILES string of the molecule is CC(C)(C)c1cc2c(cc1C(C)(C)C)C(C)(C)c1cccc(N(c3ccc(-c4ccccc4)cc3)c3cccc4oc5ccccc5c34)c1-2. The molecule has 0 N–H and O–H groups in total. The summed E-state index contributed by atoms with van der Waals surface area (Å²) in [6.45, 7) is 18.9. The van der Waals surface area contributed by atoms with Crippen molar-refractivity contribution in [1.82, 2.24) is 0 Å². The molecule has 0 saturated heterocycles. The van der Waals surface area contributed by atoms with Crippen LogP contribution >= 0.6 is 0 Å². The van der Waals surface area contributed by atoms with Crippen LogP contribution in [-0.2, 0) is 16.2 Å². The molecule has 0 radical (unpaired) electrons. The lowest BCUT2D eigenvalue weighted by Gasteiger charge is -2.33. The highest BCUT2D eigenvalue weighted by molar-refractivity contribution is 6.14. The Morgan fingerprint density at radius 3 is 1.84 bits per heavy atom. The first-order valence-electron chi connectivity index (χ1n) is 17.5. The Hall–Kier alpha value is -5.08. The summed E-state index contributed by atoms with van der Waals surface area (Å²) in [4.78, 5) is 2.47. The third-order valence-electron chi connectivity index (χ3n) is 10.5. The second-order valence-corrected chi connectivity index (χ2v) is 16.3. The van der Waals surface area contributed by atoms with E-state index in [0.717, 1.165) is 33.3 Å². The lowest BCUT2D eigenvalue weighted by Crippen LogP contribution is -2.24. The number of anilines is 3. The molecule has 1 aliphatic rings. The number of para-hydroxylation sites is 1. The minimum Gasteiger partial charge on any atom is -0.456 e. The van der Waals surface area contributed by atoms with E-state index in [2.05, 4.69) is 182 Å². The highest BCUT2D eigenvalue weighted by Crippen LogP contribution is 2.57. The molecule has 0 aliphatic heterocycles. The lowest BCUT2D eigenvalue weighted by molar-refractivity contribution is 0.527. The first kappa shape index (κ1) is 31.2. The van der Waals surface area contributed by atoms with Gasteiger partial charge >= 0.3 is 0 Å². The van der Waals surface area contributed by atoms with Crippen LogP contribution in [0.5, 0.6) is 0 Å². The van der Waals surface area contributed by atoms with Crippen LogP contribution in [0.2, 0.25) is 0 Å². The zero-order chi connectivity index (χ0) is 34.3. The number of furan rings is 1. The summed E-state index contributed by atoms with van der Waals surface area (Å²) in [5, 5.41) is 2.25. The molecule has 0 fully saturated rings. The molecule has 244 valence electrons. The van der Waals surface area contributed by atoms with Crippen molar-refractivity contribution in [2.75, 3.05) is 4.90 Å². The van der Waals surface area contributed by atoms with E-state index in [1.165, 1.54) is 50.2 Å². The Labute approximate surface area is 291 Å². The van der Waals surface area contributed by atoms with Crippen LogP contribution in [0.4, 0.5) is 17.1 Å².